The molecule has 0 saturated heterocycles. The van der Waals surface area contributed by atoms with Crippen LogP contribution >= 0.6 is 22.6 Å². The van der Waals surface area contributed by atoms with E-state index >= 15 is 0 Å². The summed E-state index contributed by atoms with van der Waals surface area (Å²) >= 11 is 2.10. The van der Waals surface area contributed by atoms with Crippen molar-refractivity contribution in [3.8, 4) is 0 Å². The number of carbonyl (C=O) groups excluding carboxylic acids is 3. The van der Waals surface area contributed by atoms with Gasteiger partial charge in [-0.3, -0.25) is 14.5 Å². The van der Waals surface area contributed by atoms with Gasteiger partial charge in [-0.15, -0.1) is 0 Å². The van der Waals surface area contributed by atoms with Crippen molar-refractivity contribution in [2.75, 3.05) is 16.8 Å². The van der Waals surface area contributed by atoms with Crippen molar-refractivity contribution in [2.45, 2.75) is 19.4 Å². The van der Waals surface area contributed by atoms with Crippen LogP contribution in [0.5, 0.6) is 0 Å². The number of fused-ring (bicyclic) bond motifs is 1. The molecule has 0 bridgehead atoms. The molecule has 2 aromatic rings. The van der Waals surface area contributed by atoms with Crippen molar-refractivity contribution in [1.29, 1.82) is 0 Å². The van der Waals surface area contributed by atoms with Crippen molar-refractivity contribution in [3.63, 3.8) is 0 Å². The fraction of sp³-hybridized carbons (Fsp3) is 0.211. The number of para-hydroxylation sites is 2. The molecular weight excluding hydrogens is 447 g/mol. The molecule has 26 heavy (non-hydrogen) atoms. The molecule has 6 nitrogen and oxygen atoms in total. The predicted molar refractivity (Wildman–Crippen MR) is 106 cm³/mol. The maximum Gasteiger partial charge on any atom is 0.338 e. The normalized spacial score (nSPS) is 15.0. The fourth-order valence-electron chi connectivity index (χ4n) is 2.79. The summed E-state index contributed by atoms with van der Waals surface area (Å²) in [6, 6.07) is 13.9. The maximum atomic E-state index is 12.8. The van der Waals surface area contributed by atoms with Gasteiger partial charge in [0.05, 0.1) is 16.9 Å². The van der Waals surface area contributed by atoms with Crippen LogP contribution in [-0.4, -0.2) is 29.9 Å². The van der Waals surface area contributed by atoms with Gasteiger partial charge in [0.15, 0.2) is 6.61 Å². The molecule has 0 saturated carbocycles. The minimum atomic E-state index is -1.10. The van der Waals surface area contributed by atoms with E-state index in [9.17, 15) is 14.4 Å². The second kappa shape index (κ2) is 7.06. The first-order valence-corrected chi connectivity index (χ1v) is 9.05. The summed E-state index contributed by atoms with van der Waals surface area (Å²) in [7, 11) is 0. The number of nitrogens with zero attached hydrogens (tertiary/aromatic N) is 1. The van der Waals surface area contributed by atoms with Gasteiger partial charge >= 0.3 is 5.97 Å². The number of rotatable bonds is 3. The van der Waals surface area contributed by atoms with Gasteiger partial charge in [-0.1, -0.05) is 18.2 Å². The van der Waals surface area contributed by atoms with Gasteiger partial charge in [0.25, 0.3) is 5.91 Å². The molecule has 0 atom stereocenters. The lowest BCUT2D eigenvalue weighted by Crippen LogP contribution is -2.59. The van der Waals surface area contributed by atoms with Crippen molar-refractivity contribution in [3.05, 3.63) is 57.7 Å². The summed E-state index contributed by atoms with van der Waals surface area (Å²) in [6.45, 7) is 2.85. The lowest BCUT2D eigenvalue weighted by molar-refractivity contribution is -0.128. The fourth-order valence-corrected chi connectivity index (χ4v) is 3.33. The molecule has 0 radical (unpaired) electrons. The molecule has 7 heteroatoms. The van der Waals surface area contributed by atoms with E-state index in [1.54, 1.807) is 56.3 Å². The number of carbonyl (C=O) groups is 3. The number of nitrogens with one attached hydrogen (secondary N) is 1. The zero-order valence-electron chi connectivity index (χ0n) is 14.3. The second-order valence-electron chi connectivity index (χ2n) is 6.35. The van der Waals surface area contributed by atoms with E-state index < -0.39 is 24.0 Å². The van der Waals surface area contributed by atoms with Gasteiger partial charge < -0.3 is 10.1 Å². The van der Waals surface area contributed by atoms with E-state index in [0.717, 1.165) is 3.57 Å². The summed E-state index contributed by atoms with van der Waals surface area (Å²) in [6.07, 6.45) is 0. The van der Waals surface area contributed by atoms with E-state index in [0.29, 0.717) is 16.9 Å². The number of halogens is 1. The van der Waals surface area contributed by atoms with Crippen LogP contribution in [0.1, 0.15) is 24.2 Å². The second-order valence-corrected chi connectivity index (χ2v) is 7.59. The maximum absolute atomic E-state index is 12.8. The number of benzene rings is 2. The number of esters is 1. The van der Waals surface area contributed by atoms with Crippen LogP contribution in [0.4, 0.5) is 11.4 Å². The highest BCUT2D eigenvalue weighted by Crippen LogP contribution is 2.36. The number of ether oxygens (including phenoxy) is 1. The molecule has 2 aromatic carbocycles. The number of amides is 2. The lowest BCUT2D eigenvalue weighted by Gasteiger charge is -2.41. The average molecular weight is 464 g/mol. The van der Waals surface area contributed by atoms with Crippen molar-refractivity contribution >= 4 is 51.7 Å². The quantitative estimate of drug-likeness (QED) is 0.560. The first-order valence-electron chi connectivity index (χ1n) is 7.97. The third-order valence-electron chi connectivity index (χ3n) is 4.14. The summed E-state index contributed by atoms with van der Waals surface area (Å²) in [5, 5.41) is 2.79. The average Bonchev–Trinajstić information content (AvgIpc) is 2.60. The van der Waals surface area contributed by atoms with Crippen LogP contribution in [0.3, 0.4) is 0 Å². The molecule has 134 valence electrons. The molecule has 1 N–H and O–H groups in total. The zero-order valence-corrected chi connectivity index (χ0v) is 16.4. The minimum Gasteiger partial charge on any atom is -0.452 e. The Balaban J connectivity index is 1.80. The first-order chi connectivity index (χ1) is 12.3. The van der Waals surface area contributed by atoms with E-state index in [2.05, 4.69) is 27.9 Å². The Hall–Kier alpha value is -2.42. The van der Waals surface area contributed by atoms with Crippen molar-refractivity contribution in [2.24, 2.45) is 0 Å². The Labute approximate surface area is 164 Å². The third-order valence-corrected chi connectivity index (χ3v) is 4.82. The van der Waals surface area contributed by atoms with Crippen molar-refractivity contribution < 1.29 is 19.1 Å². The van der Waals surface area contributed by atoms with Crippen LogP contribution in [0.25, 0.3) is 0 Å². The molecule has 1 aliphatic rings. The monoisotopic (exact) mass is 464 g/mol. The van der Waals surface area contributed by atoms with E-state index in [1.165, 1.54) is 4.90 Å². The SMILES string of the molecule is CC1(C)C(=O)Nc2ccccc2N1C(=O)COC(=O)c1cccc(I)c1. The Morgan fingerprint density at radius 2 is 1.88 bits per heavy atom. The molecule has 1 aliphatic heterocycles. The molecule has 0 fully saturated rings. The standard InChI is InChI=1S/C19H17IN2O4/c1-19(2)18(25)21-14-8-3-4-9-15(14)22(19)16(23)11-26-17(24)12-6-5-7-13(20)10-12/h3-10H,11H2,1-2H3,(H,21,25). The number of anilines is 2. The van der Waals surface area contributed by atoms with Crippen LogP contribution < -0.4 is 10.2 Å². The summed E-state index contributed by atoms with van der Waals surface area (Å²) < 4.78 is 6.07. The Morgan fingerprint density at radius 3 is 2.62 bits per heavy atom. The lowest BCUT2D eigenvalue weighted by atomic mass is 9.96. The molecular formula is C19H17IN2O4. The predicted octanol–water partition coefficient (Wildman–Crippen LogP) is 3.21. The highest BCUT2D eigenvalue weighted by Gasteiger charge is 2.43. The van der Waals surface area contributed by atoms with Crippen LogP contribution in [0, 0.1) is 3.57 Å². The van der Waals surface area contributed by atoms with Gasteiger partial charge in [0.2, 0.25) is 5.91 Å². The van der Waals surface area contributed by atoms with Crippen LogP contribution in [0.15, 0.2) is 48.5 Å². The molecule has 0 aliphatic carbocycles. The van der Waals surface area contributed by atoms with Gasteiger partial charge in [-0.05, 0) is 66.8 Å². The smallest absolute Gasteiger partial charge is 0.338 e. The summed E-state index contributed by atoms with van der Waals surface area (Å²) in [5.41, 5.74) is 0.405. The number of hydrogen-bond donors (Lipinski definition) is 1. The third kappa shape index (κ3) is 3.44. The van der Waals surface area contributed by atoms with Gasteiger partial charge in [-0.2, -0.15) is 0 Å². The van der Waals surface area contributed by atoms with Gasteiger partial charge in [-0.25, -0.2) is 4.79 Å². The Bertz CT molecular complexity index is 895. The Morgan fingerprint density at radius 1 is 1.15 bits per heavy atom. The zero-order chi connectivity index (χ0) is 18.9. The van der Waals surface area contributed by atoms with E-state index in [1.807, 2.05) is 6.07 Å². The summed E-state index contributed by atoms with van der Waals surface area (Å²) in [4.78, 5) is 38.7. The molecule has 0 spiro atoms. The molecule has 2 amide bonds. The van der Waals surface area contributed by atoms with Gasteiger partial charge in [0.1, 0.15) is 5.54 Å². The minimum absolute atomic E-state index is 0.298. The van der Waals surface area contributed by atoms with E-state index in [-0.39, 0.29) is 5.91 Å². The largest absolute Gasteiger partial charge is 0.452 e. The van der Waals surface area contributed by atoms with Crippen LogP contribution in [-0.2, 0) is 14.3 Å². The van der Waals surface area contributed by atoms with E-state index in [4.69, 9.17) is 4.74 Å². The van der Waals surface area contributed by atoms with Crippen LogP contribution in [0.2, 0.25) is 0 Å². The molecule has 0 unspecified atom stereocenters. The highest BCUT2D eigenvalue weighted by molar-refractivity contribution is 14.1. The Kier molecular flexibility index (Phi) is 4.99. The number of hydrogen-bond acceptors (Lipinski definition) is 4. The first kappa shape index (κ1) is 18.4. The highest BCUT2D eigenvalue weighted by atomic mass is 127. The topological polar surface area (TPSA) is 75.7 Å². The van der Waals surface area contributed by atoms with Gasteiger partial charge in [0, 0.05) is 3.57 Å². The molecule has 3 rings (SSSR count). The molecule has 1 heterocycles. The molecule has 0 aromatic heterocycles. The summed E-state index contributed by atoms with van der Waals surface area (Å²) in [5.74, 6) is -1.34. The van der Waals surface area contributed by atoms with Crippen molar-refractivity contribution in [1.82, 2.24) is 0 Å².